The average molecular weight is 367 g/mol. The Bertz CT molecular complexity index is 788. The number of hydrogen-bond donors (Lipinski definition) is 2. The van der Waals surface area contributed by atoms with Crippen molar-refractivity contribution in [3.63, 3.8) is 0 Å². The normalized spacial score (nSPS) is 22.6. The molecule has 0 radical (unpaired) electrons. The molecular weight excluding hydrogens is 338 g/mol. The van der Waals surface area contributed by atoms with Crippen molar-refractivity contribution < 1.29 is 9.59 Å². The molecule has 0 aliphatic heterocycles. The van der Waals surface area contributed by atoms with Crippen molar-refractivity contribution in [2.45, 2.75) is 50.6 Å². The van der Waals surface area contributed by atoms with Gasteiger partial charge in [-0.25, -0.2) is 0 Å². The van der Waals surface area contributed by atoms with Gasteiger partial charge >= 0.3 is 0 Å². The summed E-state index contributed by atoms with van der Waals surface area (Å²) in [4.78, 5) is 29.5. The average Bonchev–Trinajstić information content (AvgIpc) is 3.17. The van der Waals surface area contributed by atoms with Gasteiger partial charge in [0.1, 0.15) is 0 Å². The van der Waals surface area contributed by atoms with Gasteiger partial charge < -0.3 is 15.2 Å². The Hall–Kier alpha value is -2.40. The molecule has 5 heteroatoms. The summed E-state index contributed by atoms with van der Waals surface area (Å²) in [5.41, 5.74) is 3.14. The lowest BCUT2D eigenvalue weighted by molar-refractivity contribution is -0.118. The molecule has 0 atom stereocenters. The first kappa shape index (κ1) is 19.4. The number of rotatable bonds is 6. The second kappa shape index (κ2) is 8.09. The van der Waals surface area contributed by atoms with E-state index in [4.69, 9.17) is 0 Å². The van der Waals surface area contributed by atoms with Crippen LogP contribution in [0.2, 0.25) is 0 Å². The largest absolute Gasteiger partial charge is 0.367 e. The number of Topliss-reactive ketones (excluding diaryl/α,β-unsaturated/α-hetero) is 1. The van der Waals surface area contributed by atoms with E-state index in [1.54, 1.807) is 18.5 Å². The van der Waals surface area contributed by atoms with E-state index in [-0.39, 0.29) is 11.6 Å². The van der Waals surface area contributed by atoms with E-state index >= 15 is 0 Å². The lowest BCUT2D eigenvalue weighted by atomic mass is 9.74. The molecule has 2 aromatic rings. The second-order valence-corrected chi connectivity index (χ2v) is 7.96. The third-order valence-corrected chi connectivity index (χ3v) is 5.88. The Morgan fingerprint density at radius 2 is 1.96 bits per heavy atom. The van der Waals surface area contributed by atoms with E-state index in [1.165, 1.54) is 11.1 Å². The molecule has 1 fully saturated rings. The molecule has 1 saturated carbocycles. The third kappa shape index (κ3) is 4.48. The molecule has 0 bridgehead atoms. The first-order valence-electron chi connectivity index (χ1n) is 9.61. The number of likely N-dealkylation sites (N-methyl/N-ethyl adjacent to an activating group) is 1. The minimum absolute atomic E-state index is 0.0611. The second-order valence-electron chi connectivity index (χ2n) is 7.96. The van der Waals surface area contributed by atoms with Crippen LogP contribution in [0.5, 0.6) is 0 Å². The molecule has 0 spiro atoms. The van der Waals surface area contributed by atoms with Gasteiger partial charge in [0.2, 0.25) is 0 Å². The van der Waals surface area contributed by atoms with Gasteiger partial charge in [0.15, 0.2) is 0 Å². The van der Waals surface area contributed by atoms with Crippen LogP contribution in [0, 0.1) is 6.92 Å². The number of aromatic nitrogens is 1. The van der Waals surface area contributed by atoms with Crippen LogP contribution >= 0.6 is 0 Å². The van der Waals surface area contributed by atoms with Gasteiger partial charge in [-0.05, 0) is 64.8 Å². The highest BCUT2D eigenvalue weighted by Crippen LogP contribution is 2.35. The highest BCUT2D eigenvalue weighted by Gasteiger charge is 2.38. The molecular formula is C22H29N3O2. The topological polar surface area (TPSA) is 65.2 Å². The van der Waals surface area contributed by atoms with Crippen LogP contribution in [0.3, 0.4) is 0 Å². The Labute approximate surface area is 161 Å². The van der Waals surface area contributed by atoms with Gasteiger partial charge in [-0.1, -0.05) is 29.8 Å². The number of ketones is 1. The molecule has 1 aromatic heterocycles. The number of carbonyl (C=O) groups is 2. The molecule has 27 heavy (non-hydrogen) atoms. The van der Waals surface area contributed by atoms with Crippen molar-refractivity contribution in [1.29, 1.82) is 0 Å². The zero-order valence-corrected chi connectivity index (χ0v) is 16.4. The monoisotopic (exact) mass is 367 g/mol. The molecule has 1 aliphatic carbocycles. The Morgan fingerprint density at radius 3 is 2.56 bits per heavy atom. The summed E-state index contributed by atoms with van der Waals surface area (Å²) in [5, 5.41) is 2.94. The van der Waals surface area contributed by atoms with Crippen molar-refractivity contribution in [2.24, 2.45) is 0 Å². The quantitative estimate of drug-likeness (QED) is 0.609. The highest BCUT2D eigenvalue weighted by molar-refractivity contribution is 6.42. The predicted octanol–water partition coefficient (Wildman–Crippen LogP) is 3.11. The maximum Gasteiger partial charge on any atom is 0.292 e. The van der Waals surface area contributed by atoms with Gasteiger partial charge in [0.05, 0.1) is 0 Å². The number of nitrogens with one attached hydrogen (secondary N) is 2. The van der Waals surface area contributed by atoms with Crippen LogP contribution in [0.4, 0.5) is 0 Å². The SMILES string of the molecule is Cc1cccc(CC2(N(C)C)CCC(NC(=O)C(=O)c3cc[nH]c3)CC2)c1. The molecule has 144 valence electrons. The van der Waals surface area contributed by atoms with Crippen LogP contribution in [-0.4, -0.2) is 47.3 Å². The zero-order chi connectivity index (χ0) is 19.4. The molecule has 1 aromatic carbocycles. The van der Waals surface area contributed by atoms with E-state index in [0.717, 1.165) is 32.1 Å². The summed E-state index contributed by atoms with van der Waals surface area (Å²) >= 11 is 0. The standard InChI is InChI=1S/C22H29N3O2/c1-16-5-4-6-17(13-16)14-22(25(2)3)10-7-19(8-11-22)24-21(27)20(26)18-9-12-23-15-18/h4-6,9,12-13,15,19,23H,7-8,10-11,14H2,1-3H3,(H,24,27). The maximum absolute atomic E-state index is 12.2. The van der Waals surface area contributed by atoms with Gasteiger partial charge in [0.25, 0.3) is 11.7 Å². The Balaban J connectivity index is 1.61. The van der Waals surface area contributed by atoms with E-state index in [2.05, 4.69) is 60.5 Å². The lowest BCUT2D eigenvalue weighted by Crippen LogP contribution is -2.52. The van der Waals surface area contributed by atoms with Crippen LogP contribution in [0.25, 0.3) is 0 Å². The van der Waals surface area contributed by atoms with Crippen molar-refractivity contribution in [3.05, 3.63) is 59.4 Å². The Kier molecular flexibility index (Phi) is 5.80. The number of amides is 1. The minimum Gasteiger partial charge on any atom is -0.367 e. The van der Waals surface area contributed by atoms with Crippen molar-refractivity contribution >= 4 is 11.7 Å². The van der Waals surface area contributed by atoms with Crippen LogP contribution in [-0.2, 0) is 11.2 Å². The van der Waals surface area contributed by atoms with Crippen LogP contribution in [0.15, 0.2) is 42.7 Å². The van der Waals surface area contributed by atoms with Crippen molar-refractivity contribution in [2.75, 3.05) is 14.1 Å². The number of nitrogens with zero attached hydrogens (tertiary/aromatic N) is 1. The lowest BCUT2D eigenvalue weighted by Gasteiger charge is -2.45. The van der Waals surface area contributed by atoms with Crippen LogP contribution in [0.1, 0.15) is 47.2 Å². The molecule has 5 nitrogen and oxygen atoms in total. The Morgan fingerprint density at radius 1 is 1.22 bits per heavy atom. The zero-order valence-electron chi connectivity index (χ0n) is 16.4. The molecule has 0 unspecified atom stereocenters. The fourth-order valence-corrected chi connectivity index (χ4v) is 4.13. The summed E-state index contributed by atoms with van der Waals surface area (Å²) in [5.74, 6) is -0.976. The molecule has 1 heterocycles. The molecule has 1 aliphatic rings. The summed E-state index contributed by atoms with van der Waals surface area (Å²) in [6.07, 6.45) is 7.98. The summed E-state index contributed by atoms with van der Waals surface area (Å²) in [6, 6.07) is 10.4. The molecule has 3 rings (SSSR count). The summed E-state index contributed by atoms with van der Waals surface area (Å²) in [6.45, 7) is 2.12. The number of benzene rings is 1. The fourth-order valence-electron chi connectivity index (χ4n) is 4.13. The van der Waals surface area contributed by atoms with E-state index in [1.807, 2.05) is 0 Å². The predicted molar refractivity (Wildman–Crippen MR) is 107 cm³/mol. The van der Waals surface area contributed by atoms with Crippen LogP contribution < -0.4 is 5.32 Å². The van der Waals surface area contributed by atoms with Gasteiger partial charge in [-0.15, -0.1) is 0 Å². The highest BCUT2D eigenvalue weighted by atomic mass is 16.2. The van der Waals surface area contributed by atoms with Gasteiger partial charge in [-0.3, -0.25) is 9.59 Å². The smallest absolute Gasteiger partial charge is 0.292 e. The first-order valence-corrected chi connectivity index (χ1v) is 9.61. The molecule has 0 saturated heterocycles. The summed E-state index contributed by atoms with van der Waals surface area (Å²) in [7, 11) is 4.29. The maximum atomic E-state index is 12.2. The number of aromatic amines is 1. The van der Waals surface area contributed by atoms with Crippen molar-refractivity contribution in [1.82, 2.24) is 15.2 Å². The summed E-state index contributed by atoms with van der Waals surface area (Å²) < 4.78 is 0. The van der Waals surface area contributed by atoms with E-state index in [0.29, 0.717) is 5.56 Å². The molecule has 1 amide bonds. The third-order valence-electron chi connectivity index (χ3n) is 5.88. The first-order chi connectivity index (χ1) is 12.9. The number of hydrogen-bond acceptors (Lipinski definition) is 3. The van der Waals surface area contributed by atoms with Gasteiger partial charge in [0, 0.05) is 29.5 Å². The number of aryl methyl sites for hydroxylation is 1. The van der Waals surface area contributed by atoms with E-state index in [9.17, 15) is 9.59 Å². The number of carbonyl (C=O) groups excluding carboxylic acids is 2. The molecule has 2 N–H and O–H groups in total. The van der Waals surface area contributed by atoms with Crippen molar-refractivity contribution in [3.8, 4) is 0 Å². The fraction of sp³-hybridized carbons (Fsp3) is 0.455. The van der Waals surface area contributed by atoms with Gasteiger partial charge in [-0.2, -0.15) is 0 Å². The number of H-pyrrole nitrogens is 1. The van der Waals surface area contributed by atoms with E-state index < -0.39 is 11.7 Å². The minimum atomic E-state index is -0.504.